The fraction of sp³-hybridized carbons (Fsp3) is 0.714. The summed E-state index contributed by atoms with van der Waals surface area (Å²) in [6, 6.07) is 0. The number of esters is 2. The topological polar surface area (TPSA) is 107 Å². The van der Waals surface area contributed by atoms with E-state index in [1.165, 1.54) is 6.08 Å². The van der Waals surface area contributed by atoms with Gasteiger partial charge in [-0.2, -0.15) is 0 Å². The van der Waals surface area contributed by atoms with Gasteiger partial charge in [-0.1, -0.05) is 40.7 Å². The van der Waals surface area contributed by atoms with Crippen molar-refractivity contribution < 1.29 is 42.5 Å². The van der Waals surface area contributed by atoms with Crippen LogP contribution in [0.2, 0.25) is 0 Å². The van der Waals surface area contributed by atoms with E-state index in [0.29, 0.717) is 6.42 Å². The molecule has 1 N–H and O–H groups in total. The van der Waals surface area contributed by atoms with Gasteiger partial charge in [-0.05, 0) is 37.2 Å². The molecule has 9 heteroatoms. The van der Waals surface area contributed by atoms with Crippen molar-refractivity contribution in [2.75, 3.05) is 6.61 Å². The number of carbonyl (C=O) groups is 4. The molecular weight excluding hydrogens is 486 g/mol. The second-order valence-corrected chi connectivity index (χ2v) is 11.5. The Hall–Kier alpha value is -2.42. The molecule has 4 aliphatic carbocycles. The van der Waals surface area contributed by atoms with E-state index in [1.807, 2.05) is 0 Å². The number of hydrogen-bond acceptors (Lipinski definition) is 7. The number of rotatable bonds is 6. The Morgan fingerprint density at radius 3 is 2.41 bits per heavy atom. The van der Waals surface area contributed by atoms with E-state index in [1.54, 1.807) is 34.6 Å². The minimum atomic E-state index is -1.74. The van der Waals surface area contributed by atoms with Crippen LogP contribution >= 0.6 is 0 Å². The van der Waals surface area contributed by atoms with Gasteiger partial charge in [0.2, 0.25) is 11.6 Å². The van der Waals surface area contributed by atoms with Crippen molar-refractivity contribution >= 4 is 23.5 Å². The first-order chi connectivity index (χ1) is 17.3. The second-order valence-electron chi connectivity index (χ2n) is 11.5. The lowest BCUT2D eigenvalue weighted by Crippen LogP contribution is -2.65. The lowest BCUT2D eigenvalue weighted by Gasteiger charge is -2.60. The second kappa shape index (κ2) is 9.40. The van der Waals surface area contributed by atoms with Crippen molar-refractivity contribution in [3.8, 4) is 0 Å². The normalized spacial score (nSPS) is 42.5. The van der Waals surface area contributed by atoms with Crippen LogP contribution in [-0.2, 0) is 28.7 Å². The molecular formula is C28H36F2O7. The van der Waals surface area contributed by atoms with Gasteiger partial charge in [-0.3, -0.25) is 19.2 Å². The molecule has 4 rings (SSSR count). The maximum absolute atomic E-state index is 15.7. The SMILES string of the molecule is CCC(=O)OCC(=O)[C@]1(OC(=O)CC)[C@@H](C)C[C@H]2[C@@H]3C[C@H](F)C4=C(F)C(=O)C=C[C@]4(C)[C@H]3[C@@H](O)C[C@@]21C. The highest BCUT2D eigenvalue weighted by atomic mass is 19.1. The lowest BCUT2D eigenvalue weighted by molar-refractivity contribution is -0.207. The maximum atomic E-state index is 15.7. The van der Waals surface area contributed by atoms with Crippen molar-refractivity contribution in [1.29, 1.82) is 0 Å². The molecule has 0 aliphatic heterocycles. The smallest absolute Gasteiger partial charge is 0.306 e. The number of halogens is 2. The quantitative estimate of drug-likeness (QED) is 0.526. The number of aliphatic hydroxyl groups is 1. The fourth-order valence-corrected chi connectivity index (χ4v) is 8.23. The first-order valence-electron chi connectivity index (χ1n) is 13.1. The van der Waals surface area contributed by atoms with Gasteiger partial charge in [0.15, 0.2) is 18.0 Å². The van der Waals surface area contributed by atoms with Crippen molar-refractivity contribution in [2.24, 2.45) is 34.5 Å². The molecule has 0 bridgehead atoms. The summed E-state index contributed by atoms with van der Waals surface area (Å²) in [5.41, 5.74) is -4.20. The average Bonchev–Trinajstić information content (AvgIpc) is 3.06. The third-order valence-corrected chi connectivity index (χ3v) is 9.72. The van der Waals surface area contributed by atoms with Crippen molar-refractivity contribution in [3.05, 3.63) is 23.6 Å². The average molecular weight is 523 g/mol. The number of allylic oxidation sites excluding steroid dienone is 4. The van der Waals surface area contributed by atoms with Crippen molar-refractivity contribution in [3.63, 3.8) is 0 Å². The van der Waals surface area contributed by atoms with Crippen LogP contribution in [0.5, 0.6) is 0 Å². The minimum absolute atomic E-state index is 0.0166. The van der Waals surface area contributed by atoms with Gasteiger partial charge in [-0.15, -0.1) is 0 Å². The molecule has 0 heterocycles. The molecule has 3 fully saturated rings. The molecule has 7 nitrogen and oxygen atoms in total. The maximum Gasteiger partial charge on any atom is 0.306 e. The van der Waals surface area contributed by atoms with E-state index in [2.05, 4.69) is 0 Å². The van der Waals surface area contributed by atoms with Crippen molar-refractivity contribution in [1.82, 2.24) is 0 Å². The van der Waals surface area contributed by atoms with E-state index in [9.17, 15) is 28.7 Å². The Bertz CT molecular complexity index is 1080. The van der Waals surface area contributed by atoms with Crippen LogP contribution < -0.4 is 0 Å². The van der Waals surface area contributed by atoms with Crippen LogP contribution in [0.25, 0.3) is 0 Å². The van der Waals surface area contributed by atoms with Gasteiger partial charge in [0.1, 0.15) is 6.17 Å². The van der Waals surface area contributed by atoms with Crippen LogP contribution in [0, 0.1) is 34.5 Å². The lowest BCUT2D eigenvalue weighted by atomic mass is 9.45. The van der Waals surface area contributed by atoms with E-state index < -0.39 is 82.4 Å². The first-order valence-corrected chi connectivity index (χ1v) is 13.1. The summed E-state index contributed by atoms with van der Waals surface area (Å²) in [7, 11) is 0. The Morgan fingerprint density at radius 2 is 1.78 bits per heavy atom. The Kier molecular flexibility index (Phi) is 7.01. The Labute approximate surface area is 215 Å². The van der Waals surface area contributed by atoms with E-state index in [4.69, 9.17) is 9.47 Å². The number of carbonyl (C=O) groups excluding carboxylic acids is 4. The van der Waals surface area contributed by atoms with Crippen LogP contribution in [0.1, 0.15) is 66.7 Å². The summed E-state index contributed by atoms with van der Waals surface area (Å²) in [6.07, 6.45) is 0.184. The molecule has 4 aliphatic rings. The predicted octanol–water partition coefficient (Wildman–Crippen LogP) is 3.97. The number of ether oxygens (including phenoxy) is 2. The third-order valence-electron chi connectivity index (χ3n) is 9.72. The minimum Gasteiger partial charge on any atom is -0.457 e. The summed E-state index contributed by atoms with van der Waals surface area (Å²) in [4.78, 5) is 50.3. The largest absolute Gasteiger partial charge is 0.457 e. The molecule has 37 heavy (non-hydrogen) atoms. The molecule has 0 unspecified atom stereocenters. The molecule has 0 aromatic heterocycles. The zero-order valence-corrected chi connectivity index (χ0v) is 22.0. The van der Waals surface area contributed by atoms with Crippen LogP contribution in [0.15, 0.2) is 23.6 Å². The summed E-state index contributed by atoms with van der Waals surface area (Å²) >= 11 is 0. The molecule has 0 aromatic carbocycles. The molecule has 204 valence electrons. The van der Waals surface area contributed by atoms with Crippen LogP contribution in [0.3, 0.4) is 0 Å². The Balaban J connectivity index is 1.80. The highest BCUT2D eigenvalue weighted by Crippen LogP contribution is 2.69. The number of ketones is 2. The monoisotopic (exact) mass is 522 g/mol. The van der Waals surface area contributed by atoms with E-state index >= 15 is 4.39 Å². The number of aliphatic hydroxyl groups excluding tert-OH is 1. The summed E-state index contributed by atoms with van der Waals surface area (Å²) in [6.45, 7) is 7.85. The molecule has 9 atom stereocenters. The van der Waals surface area contributed by atoms with Crippen LogP contribution in [0.4, 0.5) is 8.78 Å². The van der Waals surface area contributed by atoms with Gasteiger partial charge in [0, 0.05) is 41.1 Å². The van der Waals surface area contributed by atoms with Gasteiger partial charge < -0.3 is 14.6 Å². The van der Waals surface area contributed by atoms with E-state index in [-0.39, 0.29) is 37.2 Å². The molecule has 0 saturated heterocycles. The van der Waals surface area contributed by atoms with Gasteiger partial charge in [0.05, 0.1) is 6.10 Å². The van der Waals surface area contributed by atoms with E-state index in [0.717, 1.165) is 6.08 Å². The van der Waals surface area contributed by atoms with Gasteiger partial charge >= 0.3 is 11.9 Å². The zero-order chi connectivity index (χ0) is 27.5. The van der Waals surface area contributed by atoms with Crippen molar-refractivity contribution in [2.45, 2.75) is 84.6 Å². The molecule has 0 spiro atoms. The number of hydrogen-bond donors (Lipinski definition) is 1. The summed E-state index contributed by atoms with van der Waals surface area (Å²) in [5, 5.41) is 11.6. The highest BCUT2D eigenvalue weighted by molar-refractivity contribution is 6.04. The Morgan fingerprint density at radius 1 is 1.14 bits per heavy atom. The standard InChI is InChI=1S/C28H36F2O7/c1-6-21(34)36-13-20(33)28(37-22(35)7-2)14(3)10-16-15-11-17(29)24-25(30)18(31)8-9-26(24,4)23(15)19(32)12-27(16,28)5/h8-9,14-17,19,23,32H,6-7,10-13H2,1-5H3/t14-,15-,16-,17-,19-,23+,26+,27-,28+/m0/s1. The van der Waals surface area contributed by atoms with Gasteiger partial charge in [0.25, 0.3) is 0 Å². The molecule has 0 amide bonds. The zero-order valence-electron chi connectivity index (χ0n) is 22.0. The summed E-state index contributed by atoms with van der Waals surface area (Å²) in [5.74, 6) is -5.63. The number of fused-ring (bicyclic) bond motifs is 5. The van der Waals surface area contributed by atoms with Crippen LogP contribution in [-0.4, -0.2) is 53.1 Å². The predicted molar refractivity (Wildman–Crippen MR) is 128 cm³/mol. The summed E-state index contributed by atoms with van der Waals surface area (Å²) < 4.78 is 41.7. The third kappa shape index (κ3) is 3.82. The number of Topliss-reactive ketones (excluding diaryl/α,β-unsaturated/α-hetero) is 1. The first kappa shape index (κ1) is 27.6. The number of alkyl halides is 1. The molecule has 3 saturated carbocycles. The highest BCUT2D eigenvalue weighted by Gasteiger charge is 2.73. The molecule has 0 aromatic rings. The van der Waals surface area contributed by atoms with Gasteiger partial charge in [-0.25, -0.2) is 8.78 Å². The molecule has 0 radical (unpaired) electrons. The fourth-order valence-electron chi connectivity index (χ4n) is 8.23.